The Labute approximate surface area is 184 Å². The lowest BCUT2D eigenvalue weighted by Crippen LogP contribution is -2.41. The predicted octanol–water partition coefficient (Wildman–Crippen LogP) is 2.87. The summed E-state index contributed by atoms with van der Waals surface area (Å²) in [5.74, 6) is -1.96. The van der Waals surface area contributed by atoms with Gasteiger partial charge in [0.2, 0.25) is 5.60 Å². The van der Waals surface area contributed by atoms with Crippen LogP contribution in [-0.4, -0.2) is 33.3 Å². The van der Waals surface area contributed by atoms with Crippen molar-refractivity contribution in [1.29, 1.82) is 0 Å². The zero-order valence-corrected chi connectivity index (χ0v) is 17.9. The molecule has 0 unspecified atom stereocenters. The normalized spacial score (nSPS) is 11.7. The van der Waals surface area contributed by atoms with Crippen LogP contribution < -0.4 is 11.2 Å². The Kier molecular flexibility index (Phi) is 7.03. The first-order valence-electron chi connectivity index (χ1n) is 8.93. The van der Waals surface area contributed by atoms with E-state index in [1.807, 2.05) is 0 Å². The lowest BCUT2D eigenvalue weighted by atomic mass is 10.1. The Balaban J connectivity index is 2.53. The number of hydrogen-bond acceptors (Lipinski definition) is 6. The predicted molar refractivity (Wildman–Crippen MR) is 108 cm³/mol. The summed E-state index contributed by atoms with van der Waals surface area (Å²) < 4.78 is 49.8. The number of carbonyl (C=O) groups is 2. The zero-order chi connectivity index (χ0) is 24.4. The number of nitrogens with zero attached hydrogens (tertiary/aromatic N) is 2. The standard InChI is InChI=1S/C20H18ClF3N2O6/c1-5-9-31-17(29)19(2,3)32-16(28)11-7-6-8-12(15(11)21)26-14(27)10-13(20(22,23)24)25(4)18(26)30/h5-8,10H,1,9H2,2-4H3. The van der Waals surface area contributed by atoms with Gasteiger partial charge in [-0.15, -0.1) is 0 Å². The van der Waals surface area contributed by atoms with Gasteiger partial charge in [0.05, 0.1) is 16.3 Å². The van der Waals surface area contributed by atoms with E-state index in [-0.39, 0.29) is 28.5 Å². The minimum Gasteiger partial charge on any atom is -0.459 e. The van der Waals surface area contributed by atoms with Crippen molar-refractivity contribution >= 4 is 23.5 Å². The van der Waals surface area contributed by atoms with E-state index in [1.54, 1.807) is 0 Å². The van der Waals surface area contributed by atoms with Gasteiger partial charge in [0.25, 0.3) is 5.56 Å². The molecule has 0 fully saturated rings. The van der Waals surface area contributed by atoms with E-state index in [0.29, 0.717) is 4.57 Å². The van der Waals surface area contributed by atoms with Gasteiger partial charge in [-0.2, -0.15) is 13.2 Å². The highest BCUT2D eigenvalue weighted by atomic mass is 35.5. The van der Waals surface area contributed by atoms with Gasteiger partial charge < -0.3 is 9.47 Å². The van der Waals surface area contributed by atoms with Gasteiger partial charge in [-0.05, 0) is 26.0 Å². The highest BCUT2D eigenvalue weighted by molar-refractivity contribution is 6.35. The van der Waals surface area contributed by atoms with Crippen LogP contribution in [0.1, 0.15) is 29.9 Å². The van der Waals surface area contributed by atoms with Crippen LogP contribution in [0.5, 0.6) is 0 Å². The average Bonchev–Trinajstić information content (AvgIpc) is 2.68. The number of halogens is 4. The maximum Gasteiger partial charge on any atom is 0.431 e. The van der Waals surface area contributed by atoms with Crippen LogP contribution in [-0.2, 0) is 27.5 Å². The van der Waals surface area contributed by atoms with Crippen molar-refractivity contribution in [1.82, 2.24) is 9.13 Å². The van der Waals surface area contributed by atoms with Crippen LogP contribution in [0.25, 0.3) is 5.69 Å². The Bertz CT molecular complexity index is 1200. The quantitative estimate of drug-likeness (QED) is 0.472. The molecule has 1 aromatic heterocycles. The van der Waals surface area contributed by atoms with E-state index in [1.165, 1.54) is 38.1 Å². The fourth-order valence-corrected chi connectivity index (χ4v) is 2.89. The number of esters is 2. The molecule has 1 aromatic carbocycles. The Morgan fingerprint density at radius 1 is 1.22 bits per heavy atom. The molecule has 0 atom stereocenters. The summed E-state index contributed by atoms with van der Waals surface area (Å²) in [7, 11) is 0.838. The molecule has 0 amide bonds. The van der Waals surface area contributed by atoms with E-state index >= 15 is 0 Å². The lowest BCUT2D eigenvalue weighted by molar-refractivity contribution is -0.161. The lowest BCUT2D eigenvalue weighted by Gasteiger charge is -2.23. The van der Waals surface area contributed by atoms with Crippen LogP contribution in [0.15, 0.2) is 46.5 Å². The number of alkyl halides is 3. The first kappa shape index (κ1) is 24.9. The fourth-order valence-electron chi connectivity index (χ4n) is 2.61. The molecule has 32 heavy (non-hydrogen) atoms. The van der Waals surface area contributed by atoms with Crippen LogP contribution in [0.4, 0.5) is 13.2 Å². The van der Waals surface area contributed by atoms with Crippen molar-refractivity contribution in [2.45, 2.75) is 25.6 Å². The Morgan fingerprint density at radius 3 is 2.41 bits per heavy atom. The van der Waals surface area contributed by atoms with Crippen LogP contribution in [0.3, 0.4) is 0 Å². The molecule has 0 saturated carbocycles. The van der Waals surface area contributed by atoms with Gasteiger partial charge >= 0.3 is 23.8 Å². The fraction of sp³-hybridized carbons (Fsp3) is 0.300. The summed E-state index contributed by atoms with van der Waals surface area (Å²) in [5, 5.41) is -0.438. The van der Waals surface area contributed by atoms with Gasteiger partial charge in [-0.3, -0.25) is 9.36 Å². The molecule has 0 aliphatic carbocycles. The molecule has 0 aliphatic rings. The molecule has 172 valence electrons. The molecule has 0 radical (unpaired) electrons. The summed E-state index contributed by atoms with van der Waals surface area (Å²) in [6, 6.07) is 3.84. The van der Waals surface area contributed by atoms with Crippen LogP contribution in [0.2, 0.25) is 5.02 Å². The smallest absolute Gasteiger partial charge is 0.431 e. The average molecular weight is 475 g/mol. The number of aromatic nitrogens is 2. The SMILES string of the molecule is C=CCOC(=O)C(C)(C)OC(=O)c1cccc(-n2c(=O)cc(C(F)(F)F)n(C)c2=O)c1Cl. The second kappa shape index (κ2) is 9.03. The first-order valence-corrected chi connectivity index (χ1v) is 9.30. The van der Waals surface area contributed by atoms with Crippen molar-refractivity contribution < 1.29 is 32.2 Å². The van der Waals surface area contributed by atoms with Gasteiger partial charge in [0.1, 0.15) is 12.3 Å². The molecule has 0 saturated heterocycles. The highest BCUT2D eigenvalue weighted by Gasteiger charge is 2.36. The molecule has 2 rings (SSSR count). The molecule has 2 aromatic rings. The third kappa shape index (κ3) is 4.93. The maximum absolute atomic E-state index is 13.1. The zero-order valence-electron chi connectivity index (χ0n) is 17.2. The minimum atomic E-state index is -4.94. The summed E-state index contributed by atoms with van der Waals surface area (Å²) >= 11 is 6.20. The second-order valence-electron chi connectivity index (χ2n) is 6.97. The van der Waals surface area contributed by atoms with E-state index < -0.39 is 45.7 Å². The largest absolute Gasteiger partial charge is 0.459 e. The van der Waals surface area contributed by atoms with Crippen LogP contribution >= 0.6 is 11.6 Å². The summed E-state index contributed by atoms with van der Waals surface area (Å²) in [4.78, 5) is 49.5. The van der Waals surface area contributed by atoms with Crippen molar-refractivity contribution in [3.63, 3.8) is 0 Å². The van der Waals surface area contributed by atoms with Gasteiger partial charge in [0, 0.05) is 13.1 Å². The summed E-state index contributed by atoms with van der Waals surface area (Å²) in [6.45, 7) is 5.81. The molecule has 8 nitrogen and oxygen atoms in total. The molecular weight excluding hydrogens is 457 g/mol. The van der Waals surface area contributed by atoms with E-state index in [9.17, 15) is 32.3 Å². The number of ether oxygens (including phenoxy) is 2. The second-order valence-corrected chi connectivity index (χ2v) is 7.35. The topological polar surface area (TPSA) is 96.6 Å². The van der Waals surface area contributed by atoms with Crippen molar-refractivity contribution in [2.24, 2.45) is 7.05 Å². The van der Waals surface area contributed by atoms with Gasteiger partial charge in [-0.1, -0.05) is 30.3 Å². The molecule has 0 aliphatic heterocycles. The van der Waals surface area contributed by atoms with Crippen molar-refractivity contribution in [3.05, 3.63) is 74.0 Å². The number of benzene rings is 1. The number of hydrogen-bond donors (Lipinski definition) is 0. The molecule has 0 N–H and O–H groups in total. The summed E-state index contributed by atoms with van der Waals surface area (Å²) in [6.07, 6.45) is -3.62. The first-order chi connectivity index (χ1) is 14.7. The molecule has 12 heteroatoms. The molecule has 1 heterocycles. The molecular formula is C20H18ClF3N2O6. The van der Waals surface area contributed by atoms with E-state index in [0.717, 1.165) is 7.05 Å². The summed E-state index contributed by atoms with van der Waals surface area (Å²) in [5.41, 5.74) is -6.47. The third-order valence-electron chi connectivity index (χ3n) is 4.22. The van der Waals surface area contributed by atoms with Gasteiger partial charge in [-0.25, -0.2) is 19.0 Å². The Hall–Kier alpha value is -3.34. The van der Waals surface area contributed by atoms with E-state index in [4.69, 9.17) is 21.1 Å². The third-order valence-corrected chi connectivity index (χ3v) is 4.62. The monoisotopic (exact) mass is 474 g/mol. The van der Waals surface area contributed by atoms with Crippen molar-refractivity contribution in [3.8, 4) is 5.69 Å². The van der Waals surface area contributed by atoms with Crippen LogP contribution in [0, 0.1) is 0 Å². The molecule has 0 spiro atoms. The maximum atomic E-state index is 13.1. The Morgan fingerprint density at radius 2 is 1.84 bits per heavy atom. The number of rotatable bonds is 6. The highest BCUT2D eigenvalue weighted by Crippen LogP contribution is 2.28. The molecule has 0 bridgehead atoms. The van der Waals surface area contributed by atoms with E-state index in [2.05, 4.69) is 6.58 Å². The minimum absolute atomic E-state index is 0.115. The van der Waals surface area contributed by atoms with Gasteiger partial charge in [0.15, 0.2) is 0 Å². The van der Waals surface area contributed by atoms with Crippen molar-refractivity contribution in [2.75, 3.05) is 6.61 Å². The number of carbonyl (C=O) groups excluding carboxylic acids is 2.